The number of rotatable bonds is 2. The van der Waals surface area contributed by atoms with Crippen molar-refractivity contribution in [3.63, 3.8) is 0 Å². The highest BCUT2D eigenvalue weighted by Gasteiger charge is 2.23. The molecule has 0 N–H and O–H groups in total. The molecule has 0 fully saturated rings. The van der Waals surface area contributed by atoms with Crippen LogP contribution >= 0.6 is 11.8 Å². The molecule has 0 aromatic heterocycles. The first kappa shape index (κ1) is 12.7. The van der Waals surface area contributed by atoms with Crippen molar-refractivity contribution in [2.75, 3.05) is 0 Å². The quantitative estimate of drug-likeness (QED) is 0.779. The third-order valence-electron chi connectivity index (χ3n) is 3.27. The van der Waals surface area contributed by atoms with Crippen LogP contribution in [0.2, 0.25) is 0 Å². The van der Waals surface area contributed by atoms with Crippen molar-refractivity contribution in [3.8, 4) is 6.07 Å². The summed E-state index contributed by atoms with van der Waals surface area (Å²) in [5.41, 5.74) is 3.52. The summed E-state index contributed by atoms with van der Waals surface area (Å²) in [4.78, 5) is 12.5. The van der Waals surface area contributed by atoms with Crippen molar-refractivity contribution in [1.82, 2.24) is 0 Å². The Labute approximate surface area is 121 Å². The maximum absolute atomic E-state index is 11.3. The molecule has 1 heterocycles. The molecule has 1 aliphatic heterocycles. The number of carbonyl (C=O) groups excluding carboxylic acids is 1. The van der Waals surface area contributed by atoms with E-state index in [1.807, 2.05) is 36.4 Å². The molecule has 2 aromatic carbocycles. The predicted molar refractivity (Wildman–Crippen MR) is 80.2 cm³/mol. The Bertz CT molecular complexity index is 725. The van der Waals surface area contributed by atoms with Crippen LogP contribution in [0.3, 0.4) is 0 Å². The average molecular weight is 277 g/mol. The van der Waals surface area contributed by atoms with Gasteiger partial charge in [-0.3, -0.25) is 4.79 Å². The van der Waals surface area contributed by atoms with Crippen LogP contribution in [0.15, 0.2) is 59.0 Å². The Kier molecular flexibility index (Phi) is 3.41. The number of nitrogens with zero attached hydrogens (tertiary/aromatic N) is 1. The van der Waals surface area contributed by atoms with Gasteiger partial charge in [0, 0.05) is 10.5 Å². The predicted octanol–water partition coefficient (Wildman–Crippen LogP) is 3.99. The van der Waals surface area contributed by atoms with Crippen LogP contribution in [-0.2, 0) is 4.79 Å². The third-order valence-corrected chi connectivity index (χ3v) is 4.67. The molecule has 0 aliphatic carbocycles. The van der Waals surface area contributed by atoms with Gasteiger partial charge in [0.15, 0.2) is 0 Å². The topological polar surface area (TPSA) is 40.9 Å². The van der Waals surface area contributed by atoms with Crippen LogP contribution < -0.4 is 0 Å². The normalized spacial score (nSPS) is 16.8. The smallest absolute Gasteiger partial charge is 0.147 e. The van der Waals surface area contributed by atoms with Crippen LogP contribution in [0.5, 0.6) is 0 Å². The van der Waals surface area contributed by atoms with E-state index >= 15 is 0 Å². The molecule has 3 heteroatoms. The summed E-state index contributed by atoms with van der Waals surface area (Å²) in [5, 5.41) is 8.84. The van der Waals surface area contributed by atoms with Gasteiger partial charge in [-0.25, -0.2) is 0 Å². The lowest BCUT2D eigenvalue weighted by Gasteiger charge is -2.23. The van der Waals surface area contributed by atoms with Crippen LogP contribution in [0.1, 0.15) is 21.9 Å². The lowest BCUT2D eigenvalue weighted by Crippen LogP contribution is -2.04. The number of hydrogen-bond acceptors (Lipinski definition) is 3. The van der Waals surface area contributed by atoms with Gasteiger partial charge >= 0.3 is 0 Å². The number of carbonyl (C=O) groups is 1. The monoisotopic (exact) mass is 277 g/mol. The van der Waals surface area contributed by atoms with Gasteiger partial charge in [0.05, 0.1) is 16.9 Å². The van der Waals surface area contributed by atoms with Crippen LogP contribution in [0, 0.1) is 11.3 Å². The molecule has 0 amide bonds. The lowest BCUT2D eigenvalue weighted by atomic mass is 10.0. The minimum atomic E-state index is -0.00450. The first-order valence-electron chi connectivity index (χ1n) is 6.24. The summed E-state index contributed by atoms with van der Waals surface area (Å²) in [7, 11) is 0. The van der Waals surface area contributed by atoms with Gasteiger partial charge in [-0.05, 0) is 35.4 Å². The molecule has 0 saturated heterocycles. The van der Waals surface area contributed by atoms with E-state index in [9.17, 15) is 4.79 Å². The van der Waals surface area contributed by atoms with Crippen molar-refractivity contribution < 1.29 is 4.79 Å². The summed E-state index contributed by atoms with van der Waals surface area (Å²) in [6.45, 7) is 0. The van der Waals surface area contributed by atoms with E-state index in [-0.39, 0.29) is 5.25 Å². The molecule has 1 aliphatic rings. The second-order valence-electron chi connectivity index (χ2n) is 4.53. The van der Waals surface area contributed by atoms with Gasteiger partial charge in [-0.15, -0.1) is 11.8 Å². The van der Waals surface area contributed by atoms with E-state index in [1.165, 1.54) is 4.90 Å². The number of benzene rings is 2. The molecule has 0 saturated carbocycles. The molecule has 2 aromatic rings. The molecule has 0 spiro atoms. The molecule has 20 heavy (non-hydrogen) atoms. The number of nitriles is 1. The fourth-order valence-electron chi connectivity index (χ4n) is 2.25. The highest BCUT2D eigenvalue weighted by Crippen LogP contribution is 2.45. The fraction of sp³-hybridized carbons (Fsp3) is 0.0588. The second kappa shape index (κ2) is 5.36. The minimum Gasteiger partial charge on any atom is -0.298 e. The Hall–Kier alpha value is -2.31. The average Bonchev–Trinajstić information content (AvgIpc) is 2.53. The first-order chi connectivity index (χ1) is 9.81. The second-order valence-corrected chi connectivity index (χ2v) is 5.68. The van der Waals surface area contributed by atoms with E-state index in [1.54, 1.807) is 23.9 Å². The Morgan fingerprint density at radius 3 is 2.55 bits per heavy atom. The first-order valence-corrected chi connectivity index (χ1v) is 7.12. The van der Waals surface area contributed by atoms with Crippen molar-refractivity contribution >= 4 is 24.1 Å². The van der Waals surface area contributed by atoms with Crippen LogP contribution in [0.25, 0.3) is 6.08 Å². The van der Waals surface area contributed by atoms with Crippen LogP contribution in [0.4, 0.5) is 0 Å². The number of hydrogen-bond donors (Lipinski definition) is 0. The number of thioether (sulfide) groups is 1. The molecule has 0 radical (unpaired) electrons. The zero-order valence-electron chi connectivity index (χ0n) is 10.6. The number of aldehydes is 1. The molecular formula is C17H11NOS. The van der Waals surface area contributed by atoms with Gasteiger partial charge in [0.2, 0.25) is 0 Å². The Morgan fingerprint density at radius 1 is 1.10 bits per heavy atom. The highest BCUT2D eigenvalue weighted by atomic mass is 32.2. The fourth-order valence-corrected chi connectivity index (χ4v) is 3.47. The van der Waals surface area contributed by atoms with E-state index in [2.05, 4.69) is 12.1 Å². The van der Waals surface area contributed by atoms with E-state index in [0.717, 1.165) is 23.0 Å². The lowest BCUT2D eigenvalue weighted by molar-refractivity contribution is -0.104. The van der Waals surface area contributed by atoms with Crippen molar-refractivity contribution in [3.05, 3.63) is 70.8 Å². The third kappa shape index (κ3) is 2.26. The van der Waals surface area contributed by atoms with Gasteiger partial charge in [0.1, 0.15) is 6.29 Å². The van der Waals surface area contributed by atoms with Crippen LogP contribution in [-0.4, -0.2) is 6.29 Å². The molecule has 0 bridgehead atoms. The van der Waals surface area contributed by atoms with Crippen molar-refractivity contribution in [1.29, 1.82) is 5.26 Å². The molecule has 2 nitrogen and oxygen atoms in total. The Morgan fingerprint density at radius 2 is 1.85 bits per heavy atom. The van der Waals surface area contributed by atoms with Gasteiger partial charge in [-0.2, -0.15) is 5.26 Å². The molecule has 1 atom stereocenters. The van der Waals surface area contributed by atoms with Gasteiger partial charge < -0.3 is 0 Å². The maximum Gasteiger partial charge on any atom is 0.147 e. The maximum atomic E-state index is 11.3. The van der Waals surface area contributed by atoms with Gasteiger partial charge in [-0.1, -0.05) is 30.3 Å². The summed E-state index contributed by atoms with van der Waals surface area (Å²) in [6.07, 6.45) is 2.87. The van der Waals surface area contributed by atoms with Crippen molar-refractivity contribution in [2.45, 2.75) is 10.1 Å². The molecule has 0 unspecified atom stereocenters. The minimum absolute atomic E-state index is 0.00450. The largest absolute Gasteiger partial charge is 0.298 e. The van der Waals surface area contributed by atoms with Gasteiger partial charge in [0.25, 0.3) is 0 Å². The summed E-state index contributed by atoms with van der Waals surface area (Å²) >= 11 is 1.67. The molecule has 3 rings (SSSR count). The van der Waals surface area contributed by atoms with E-state index in [0.29, 0.717) is 5.56 Å². The van der Waals surface area contributed by atoms with E-state index < -0.39 is 0 Å². The Balaban J connectivity index is 2.02. The summed E-state index contributed by atoms with van der Waals surface area (Å²) in [6, 6.07) is 17.6. The highest BCUT2D eigenvalue weighted by molar-refractivity contribution is 8.00. The summed E-state index contributed by atoms with van der Waals surface area (Å²) in [5.74, 6) is 0. The van der Waals surface area contributed by atoms with E-state index in [4.69, 9.17) is 5.26 Å². The SMILES string of the molecule is N#Cc1ccc([C@H]2Sc3ccccc3C=C2C=O)cc1. The molecular weight excluding hydrogens is 266 g/mol. The zero-order chi connectivity index (χ0) is 13.9. The molecule has 96 valence electrons. The summed E-state index contributed by atoms with van der Waals surface area (Å²) < 4.78 is 0. The van der Waals surface area contributed by atoms with Crippen molar-refractivity contribution in [2.24, 2.45) is 0 Å². The number of fused-ring (bicyclic) bond motifs is 1. The standard InChI is InChI=1S/C17H11NOS/c18-10-12-5-7-13(8-6-12)17-15(11-19)9-14-3-1-2-4-16(14)20-17/h1-9,11,17H/t17-/m1/s1. The zero-order valence-corrected chi connectivity index (χ0v) is 11.4.